The second-order valence-electron chi connectivity index (χ2n) is 6.82. The molecule has 3 heterocycles. The van der Waals surface area contributed by atoms with E-state index in [1.54, 1.807) is 4.68 Å². The summed E-state index contributed by atoms with van der Waals surface area (Å²) in [4.78, 5) is 36.5. The van der Waals surface area contributed by atoms with Gasteiger partial charge in [0.05, 0.1) is 27.9 Å². The molecule has 0 aliphatic rings. The second-order valence-corrected chi connectivity index (χ2v) is 8.82. The Morgan fingerprint density at radius 1 is 1.16 bits per heavy atom. The zero-order chi connectivity index (χ0) is 21.4. The normalized spacial score (nSPS) is 11.3. The van der Waals surface area contributed by atoms with Crippen LogP contribution in [0.3, 0.4) is 0 Å². The van der Waals surface area contributed by atoms with Crippen molar-refractivity contribution in [2.45, 2.75) is 12.1 Å². The molecule has 0 radical (unpaired) electrons. The van der Waals surface area contributed by atoms with Crippen LogP contribution in [0.15, 0.2) is 64.7 Å². The van der Waals surface area contributed by atoms with Crippen molar-refractivity contribution in [1.82, 2.24) is 24.7 Å². The van der Waals surface area contributed by atoms with E-state index in [0.717, 1.165) is 33.2 Å². The number of aromatic amines is 1. The van der Waals surface area contributed by atoms with E-state index in [0.29, 0.717) is 21.3 Å². The maximum absolute atomic E-state index is 12.5. The van der Waals surface area contributed by atoms with Crippen molar-refractivity contribution in [3.63, 3.8) is 0 Å². The Kier molecular flexibility index (Phi) is 5.00. The van der Waals surface area contributed by atoms with E-state index in [9.17, 15) is 9.59 Å². The number of carbonyl (C=O) groups is 1. The highest BCUT2D eigenvalue weighted by Gasteiger charge is 2.14. The molecule has 0 unspecified atom stereocenters. The summed E-state index contributed by atoms with van der Waals surface area (Å²) in [5, 5.41) is 8.40. The first-order valence-electron chi connectivity index (χ1n) is 9.40. The second kappa shape index (κ2) is 7.97. The molecule has 2 N–H and O–H groups in total. The number of carbonyl (C=O) groups excluding carboxylic acids is 1. The number of para-hydroxylation sites is 1. The minimum atomic E-state index is -0.294. The standard InChI is InChI=1S/C21H16N6O2S2/c1-12-6-8-13(9-7-12)27-18-14(10-22-27)19(29)26-20(25-18)30-11-17(28)24-21-23-15-4-2-3-5-16(15)31-21/h2-10H,11H2,1H3,(H,23,24,28)(H,25,26,29). The number of hydrogen-bond donors (Lipinski definition) is 2. The van der Waals surface area contributed by atoms with Crippen molar-refractivity contribution >= 4 is 55.4 Å². The first-order chi connectivity index (χ1) is 15.1. The number of anilines is 1. The Balaban J connectivity index is 1.35. The Morgan fingerprint density at radius 3 is 2.77 bits per heavy atom. The van der Waals surface area contributed by atoms with E-state index >= 15 is 0 Å². The zero-order valence-corrected chi connectivity index (χ0v) is 18.0. The monoisotopic (exact) mass is 448 g/mol. The van der Waals surface area contributed by atoms with E-state index in [1.165, 1.54) is 17.5 Å². The van der Waals surface area contributed by atoms with Crippen LogP contribution in [-0.4, -0.2) is 36.4 Å². The van der Waals surface area contributed by atoms with Crippen LogP contribution in [0.2, 0.25) is 0 Å². The molecule has 1 amide bonds. The third-order valence-electron chi connectivity index (χ3n) is 4.58. The highest BCUT2D eigenvalue weighted by Crippen LogP contribution is 2.25. The van der Waals surface area contributed by atoms with Gasteiger partial charge >= 0.3 is 0 Å². The number of thiazole rings is 1. The van der Waals surface area contributed by atoms with Crippen LogP contribution in [0, 0.1) is 6.92 Å². The number of aryl methyl sites for hydroxylation is 1. The predicted octanol–water partition coefficient (Wildman–Crippen LogP) is 3.76. The number of nitrogens with one attached hydrogen (secondary N) is 2. The van der Waals surface area contributed by atoms with Crippen molar-refractivity contribution in [3.05, 3.63) is 70.6 Å². The van der Waals surface area contributed by atoms with E-state index in [-0.39, 0.29) is 17.2 Å². The predicted molar refractivity (Wildman–Crippen MR) is 123 cm³/mol. The summed E-state index contributed by atoms with van der Waals surface area (Å²) in [6.07, 6.45) is 1.50. The number of rotatable bonds is 5. The lowest BCUT2D eigenvalue weighted by molar-refractivity contribution is -0.113. The third kappa shape index (κ3) is 3.94. The summed E-state index contributed by atoms with van der Waals surface area (Å²) in [6, 6.07) is 15.5. The molecule has 0 aliphatic carbocycles. The number of aromatic nitrogens is 5. The van der Waals surface area contributed by atoms with E-state index in [4.69, 9.17) is 0 Å². The molecule has 0 bridgehead atoms. The smallest absolute Gasteiger partial charge is 0.262 e. The minimum absolute atomic E-state index is 0.0863. The molecule has 8 nitrogen and oxygen atoms in total. The quantitative estimate of drug-likeness (QED) is 0.313. The van der Waals surface area contributed by atoms with Crippen molar-refractivity contribution < 1.29 is 4.79 Å². The molecule has 3 aromatic heterocycles. The van der Waals surface area contributed by atoms with Gasteiger partial charge < -0.3 is 10.3 Å². The first-order valence-corrected chi connectivity index (χ1v) is 11.2. The fraction of sp³-hybridized carbons (Fsp3) is 0.0952. The lowest BCUT2D eigenvalue weighted by Crippen LogP contribution is -2.15. The van der Waals surface area contributed by atoms with Crippen molar-refractivity contribution in [1.29, 1.82) is 0 Å². The fourth-order valence-electron chi connectivity index (χ4n) is 3.06. The van der Waals surface area contributed by atoms with Gasteiger partial charge in [0.25, 0.3) is 5.56 Å². The van der Waals surface area contributed by atoms with Crippen LogP contribution in [0.1, 0.15) is 5.56 Å². The molecule has 31 heavy (non-hydrogen) atoms. The molecule has 0 aliphatic heterocycles. The van der Waals surface area contributed by atoms with Gasteiger partial charge in [0, 0.05) is 0 Å². The maximum atomic E-state index is 12.5. The Morgan fingerprint density at radius 2 is 1.97 bits per heavy atom. The van der Waals surface area contributed by atoms with E-state index < -0.39 is 0 Å². The van der Waals surface area contributed by atoms with Gasteiger partial charge in [0.1, 0.15) is 5.39 Å². The Bertz CT molecular complexity index is 1440. The van der Waals surface area contributed by atoms with Crippen LogP contribution in [-0.2, 0) is 4.79 Å². The average Bonchev–Trinajstić information content (AvgIpc) is 3.37. The number of thioether (sulfide) groups is 1. The lowest BCUT2D eigenvalue weighted by atomic mass is 10.2. The summed E-state index contributed by atoms with van der Waals surface area (Å²) >= 11 is 2.57. The van der Waals surface area contributed by atoms with Gasteiger partial charge in [-0.05, 0) is 31.2 Å². The lowest BCUT2D eigenvalue weighted by Gasteiger charge is -2.05. The number of fused-ring (bicyclic) bond motifs is 2. The SMILES string of the molecule is Cc1ccc(-n2ncc3c(=O)[nH]c(SCC(=O)Nc4nc5ccccc5s4)nc32)cc1. The molecule has 0 saturated carbocycles. The summed E-state index contributed by atoms with van der Waals surface area (Å²) in [5.74, 6) is -0.137. The summed E-state index contributed by atoms with van der Waals surface area (Å²) in [6.45, 7) is 2.00. The Hall–Kier alpha value is -3.50. The Labute approximate surface area is 184 Å². The number of H-pyrrole nitrogens is 1. The minimum Gasteiger partial charge on any atom is -0.301 e. The topological polar surface area (TPSA) is 106 Å². The van der Waals surface area contributed by atoms with E-state index in [1.807, 2.05) is 55.5 Å². The van der Waals surface area contributed by atoms with Crippen LogP contribution >= 0.6 is 23.1 Å². The molecule has 0 atom stereocenters. The molecule has 0 fully saturated rings. The fourth-order valence-corrected chi connectivity index (χ4v) is 4.59. The molecular formula is C21H16N6O2S2. The highest BCUT2D eigenvalue weighted by atomic mass is 32.2. The number of nitrogens with zero attached hydrogens (tertiary/aromatic N) is 4. The maximum Gasteiger partial charge on any atom is 0.262 e. The molecule has 154 valence electrons. The summed E-state index contributed by atoms with van der Waals surface area (Å²) in [5.41, 5.74) is 2.93. The van der Waals surface area contributed by atoms with Crippen LogP contribution in [0.4, 0.5) is 5.13 Å². The molecule has 5 rings (SSSR count). The first kappa shape index (κ1) is 19.5. The summed E-state index contributed by atoms with van der Waals surface area (Å²) < 4.78 is 2.63. The van der Waals surface area contributed by atoms with Crippen LogP contribution in [0.25, 0.3) is 26.9 Å². The van der Waals surface area contributed by atoms with Crippen molar-refractivity contribution in [2.24, 2.45) is 0 Å². The van der Waals surface area contributed by atoms with E-state index in [2.05, 4.69) is 25.4 Å². The number of amides is 1. The highest BCUT2D eigenvalue weighted by molar-refractivity contribution is 7.99. The van der Waals surface area contributed by atoms with Gasteiger partial charge in [-0.2, -0.15) is 5.10 Å². The van der Waals surface area contributed by atoms with Gasteiger partial charge in [0.2, 0.25) is 5.91 Å². The van der Waals surface area contributed by atoms with Gasteiger partial charge in [-0.25, -0.2) is 14.6 Å². The van der Waals surface area contributed by atoms with Gasteiger partial charge in [-0.1, -0.05) is 52.9 Å². The zero-order valence-electron chi connectivity index (χ0n) is 16.3. The third-order valence-corrected chi connectivity index (χ3v) is 6.40. The molecule has 5 aromatic rings. The molecule has 0 spiro atoms. The molecule has 0 saturated heterocycles. The van der Waals surface area contributed by atoms with Gasteiger partial charge in [-0.15, -0.1) is 0 Å². The van der Waals surface area contributed by atoms with Gasteiger partial charge in [-0.3, -0.25) is 9.59 Å². The molecular weight excluding hydrogens is 432 g/mol. The van der Waals surface area contributed by atoms with Crippen molar-refractivity contribution in [3.8, 4) is 5.69 Å². The average molecular weight is 449 g/mol. The van der Waals surface area contributed by atoms with Gasteiger partial charge in [0.15, 0.2) is 15.9 Å². The van der Waals surface area contributed by atoms with Crippen LogP contribution < -0.4 is 10.9 Å². The number of benzene rings is 2. The summed E-state index contributed by atoms with van der Waals surface area (Å²) in [7, 11) is 0. The van der Waals surface area contributed by atoms with Crippen molar-refractivity contribution in [2.75, 3.05) is 11.1 Å². The van der Waals surface area contributed by atoms with Crippen LogP contribution in [0.5, 0.6) is 0 Å². The molecule has 2 aromatic carbocycles. The molecule has 10 heteroatoms. The number of hydrogen-bond acceptors (Lipinski definition) is 7. The largest absolute Gasteiger partial charge is 0.301 e.